The quantitative estimate of drug-likeness (QED) is 0.542. The van der Waals surface area contributed by atoms with Crippen LogP contribution in [0.1, 0.15) is 28.7 Å². The van der Waals surface area contributed by atoms with Crippen molar-refractivity contribution in [3.05, 3.63) is 38.7 Å². The molecule has 1 saturated heterocycles. The molecular weight excluding hydrogens is 398 g/mol. The Bertz CT molecular complexity index is 1170. The summed E-state index contributed by atoms with van der Waals surface area (Å²) in [6, 6.07) is 1.85. The van der Waals surface area contributed by atoms with E-state index < -0.39 is 21.4 Å². The number of hydrogen-bond acceptors (Lipinski definition) is 8. The number of sulfone groups is 1. The fourth-order valence-electron chi connectivity index (χ4n) is 4.18. The van der Waals surface area contributed by atoms with Crippen molar-refractivity contribution in [1.29, 1.82) is 0 Å². The highest BCUT2D eigenvalue weighted by molar-refractivity contribution is 7.91. The van der Waals surface area contributed by atoms with Crippen LogP contribution < -0.4 is 10.4 Å². The van der Waals surface area contributed by atoms with Crippen molar-refractivity contribution < 1.29 is 27.1 Å². The van der Waals surface area contributed by atoms with E-state index in [4.69, 9.17) is 9.15 Å². The van der Waals surface area contributed by atoms with Crippen molar-refractivity contribution in [2.75, 3.05) is 25.3 Å². The first-order chi connectivity index (χ1) is 13.7. The molecule has 0 amide bonds. The number of nitrogens with zero attached hydrogens (tertiary/aromatic N) is 1. The predicted molar refractivity (Wildman–Crippen MR) is 106 cm³/mol. The van der Waals surface area contributed by atoms with Gasteiger partial charge in [-0.25, -0.2) is 13.2 Å². The smallest absolute Gasteiger partial charge is 0.340 e. The molecule has 2 aliphatic rings. The lowest BCUT2D eigenvalue weighted by Gasteiger charge is -2.33. The third-order valence-corrected chi connectivity index (χ3v) is 7.61. The number of carbonyl (C=O) groups is 1. The van der Waals surface area contributed by atoms with Crippen molar-refractivity contribution in [1.82, 2.24) is 4.90 Å². The van der Waals surface area contributed by atoms with Crippen molar-refractivity contribution in [3.63, 3.8) is 0 Å². The Kier molecular flexibility index (Phi) is 4.90. The lowest BCUT2D eigenvalue weighted by molar-refractivity contribution is -0.139. The molecule has 0 N–H and O–H groups in total. The molecule has 2 aliphatic heterocycles. The Morgan fingerprint density at radius 1 is 1.31 bits per heavy atom. The van der Waals surface area contributed by atoms with Crippen LogP contribution in [0, 0.1) is 13.8 Å². The van der Waals surface area contributed by atoms with Crippen LogP contribution in [-0.4, -0.2) is 50.7 Å². The molecule has 4 rings (SSSR count). The van der Waals surface area contributed by atoms with Gasteiger partial charge in [0.05, 0.1) is 30.6 Å². The third-order valence-electron chi connectivity index (χ3n) is 5.86. The van der Waals surface area contributed by atoms with Crippen LogP contribution in [0.3, 0.4) is 0 Å². The second-order valence-electron chi connectivity index (χ2n) is 7.69. The first kappa shape index (κ1) is 19.9. The summed E-state index contributed by atoms with van der Waals surface area (Å²) in [6.07, 6.45) is 0.448. The summed E-state index contributed by atoms with van der Waals surface area (Å²) < 4.78 is 39.8. The number of rotatable bonds is 3. The molecule has 0 bridgehead atoms. The van der Waals surface area contributed by atoms with E-state index >= 15 is 0 Å². The van der Waals surface area contributed by atoms with E-state index in [1.807, 2.05) is 17.9 Å². The number of ether oxygens (including phenoxy) is 2. The maximum Gasteiger partial charge on any atom is 0.340 e. The maximum absolute atomic E-state index is 12.4. The summed E-state index contributed by atoms with van der Waals surface area (Å²) in [5, 5.41) is 0.740. The zero-order valence-corrected chi connectivity index (χ0v) is 17.4. The molecule has 0 spiro atoms. The summed E-state index contributed by atoms with van der Waals surface area (Å²) >= 11 is 0. The average molecular weight is 421 g/mol. The minimum absolute atomic E-state index is 0.0613. The highest BCUT2D eigenvalue weighted by Gasteiger charge is 2.35. The fraction of sp³-hybridized carbons (Fsp3) is 0.500. The Morgan fingerprint density at radius 3 is 2.72 bits per heavy atom. The Balaban J connectivity index is 1.76. The standard InChI is InChI=1S/C20H23NO7S/c1-11-15-6-13-8-21(14-4-5-29(24,25)9-14)10-27-18(13)12(2)19(15)28-20(23)16(11)7-17(22)26-3/h6,14H,4-5,7-10H2,1-3H3/t14-/m1/s1. The molecule has 3 heterocycles. The van der Waals surface area contributed by atoms with E-state index in [-0.39, 0.29) is 29.5 Å². The number of carbonyl (C=O) groups excluding carboxylic acids is 1. The lowest BCUT2D eigenvalue weighted by atomic mass is 9.97. The second kappa shape index (κ2) is 7.14. The number of benzene rings is 1. The van der Waals surface area contributed by atoms with Crippen LogP contribution >= 0.6 is 0 Å². The SMILES string of the molecule is COC(=O)Cc1c(C)c2cc3c(c(C)c2oc1=O)OCN([C@@H]1CCS(=O)(=O)C1)C3. The average Bonchev–Trinajstić information content (AvgIpc) is 3.05. The van der Waals surface area contributed by atoms with Crippen LogP contribution in [0.4, 0.5) is 0 Å². The molecule has 9 heteroatoms. The maximum atomic E-state index is 12.4. The molecule has 0 unspecified atom stereocenters. The lowest BCUT2D eigenvalue weighted by Crippen LogP contribution is -2.41. The van der Waals surface area contributed by atoms with Gasteiger partial charge in [-0.1, -0.05) is 0 Å². The van der Waals surface area contributed by atoms with E-state index in [1.165, 1.54) is 7.11 Å². The molecule has 1 fully saturated rings. The minimum Gasteiger partial charge on any atom is -0.477 e. The highest BCUT2D eigenvalue weighted by Crippen LogP contribution is 2.37. The highest BCUT2D eigenvalue weighted by atomic mass is 32.2. The zero-order valence-electron chi connectivity index (χ0n) is 16.6. The van der Waals surface area contributed by atoms with Gasteiger partial charge in [-0.15, -0.1) is 0 Å². The van der Waals surface area contributed by atoms with Crippen LogP contribution in [0.15, 0.2) is 15.3 Å². The summed E-state index contributed by atoms with van der Waals surface area (Å²) in [4.78, 5) is 26.1. The normalized spacial score (nSPS) is 21.0. The molecule has 0 radical (unpaired) electrons. The van der Waals surface area contributed by atoms with Gasteiger partial charge in [0, 0.05) is 29.1 Å². The largest absolute Gasteiger partial charge is 0.477 e. The van der Waals surface area contributed by atoms with Gasteiger partial charge >= 0.3 is 11.6 Å². The first-order valence-electron chi connectivity index (χ1n) is 9.43. The van der Waals surface area contributed by atoms with Crippen molar-refractivity contribution in [2.45, 2.75) is 39.3 Å². The van der Waals surface area contributed by atoms with Crippen LogP contribution in [0.5, 0.6) is 5.75 Å². The van der Waals surface area contributed by atoms with Crippen LogP contribution in [0.25, 0.3) is 11.0 Å². The van der Waals surface area contributed by atoms with Gasteiger partial charge < -0.3 is 13.9 Å². The monoisotopic (exact) mass is 421 g/mol. The molecular formula is C20H23NO7S. The Hall–Kier alpha value is -2.39. The number of methoxy groups -OCH3 is 1. The van der Waals surface area contributed by atoms with E-state index in [2.05, 4.69) is 4.74 Å². The number of fused-ring (bicyclic) bond motifs is 2. The second-order valence-corrected chi connectivity index (χ2v) is 9.92. The van der Waals surface area contributed by atoms with E-state index in [9.17, 15) is 18.0 Å². The Labute approximate surface area is 168 Å². The van der Waals surface area contributed by atoms with Crippen molar-refractivity contribution >= 4 is 26.8 Å². The molecule has 156 valence electrons. The topological polar surface area (TPSA) is 103 Å². The van der Waals surface area contributed by atoms with E-state index in [1.54, 1.807) is 6.92 Å². The van der Waals surface area contributed by atoms with E-state index in [0.29, 0.717) is 36.6 Å². The van der Waals surface area contributed by atoms with Gasteiger partial charge in [0.25, 0.3) is 0 Å². The number of aryl methyl sites for hydroxylation is 2. The number of hydrogen-bond donors (Lipinski definition) is 0. The van der Waals surface area contributed by atoms with Gasteiger partial charge in [-0.2, -0.15) is 0 Å². The predicted octanol–water partition coefficient (Wildman–Crippen LogP) is 1.46. The molecule has 0 saturated carbocycles. The van der Waals surface area contributed by atoms with E-state index in [0.717, 1.165) is 16.5 Å². The van der Waals surface area contributed by atoms with Gasteiger partial charge in [-0.3, -0.25) is 9.69 Å². The third kappa shape index (κ3) is 3.53. The minimum atomic E-state index is -2.99. The Morgan fingerprint density at radius 2 is 2.07 bits per heavy atom. The fourth-order valence-corrected chi connectivity index (χ4v) is 5.94. The molecule has 1 aromatic carbocycles. The first-order valence-corrected chi connectivity index (χ1v) is 11.2. The van der Waals surface area contributed by atoms with Crippen molar-refractivity contribution in [3.8, 4) is 5.75 Å². The van der Waals surface area contributed by atoms with Gasteiger partial charge in [0.2, 0.25) is 0 Å². The molecule has 1 aromatic heterocycles. The molecule has 0 aliphatic carbocycles. The summed E-state index contributed by atoms with van der Waals surface area (Å²) in [7, 11) is -1.71. The van der Waals surface area contributed by atoms with Gasteiger partial charge in [0.1, 0.15) is 18.1 Å². The number of esters is 1. The van der Waals surface area contributed by atoms with Gasteiger partial charge in [-0.05, 0) is 31.9 Å². The van der Waals surface area contributed by atoms with Gasteiger partial charge in [0.15, 0.2) is 9.84 Å². The zero-order chi connectivity index (χ0) is 20.9. The molecule has 1 atom stereocenters. The summed E-state index contributed by atoms with van der Waals surface area (Å²) in [5.74, 6) is 0.512. The molecule has 29 heavy (non-hydrogen) atoms. The summed E-state index contributed by atoms with van der Waals surface area (Å²) in [6.45, 7) is 4.47. The summed E-state index contributed by atoms with van der Waals surface area (Å²) in [5.41, 5.74) is 2.47. The van der Waals surface area contributed by atoms with Crippen molar-refractivity contribution in [2.24, 2.45) is 0 Å². The van der Waals surface area contributed by atoms with Crippen LogP contribution in [-0.2, 0) is 32.3 Å². The van der Waals surface area contributed by atoms with Crippen LogP contribution in [0.2, 0.25) is 0 Å². The molecule has 2 aromatic rings. The molecule has 8 nitrogen and oxygen atoms in total.